The summed E-state index contributed by atoms with van der Waals surface area (Å²) in [4.78, 5) is 20.5. The zero-order valence-electron chi connectivity index (χ0n) is 22.7. The lowest BCUT2D eigenvalue weighted by molar-refractivity contribution is -0.135. The second-order valence-corrected chi connectivity index (χ2v) is 11.6. The molecule has 1 aliphatic heterocycles. The van der Waals surface area contributed by atoms with Crippen molar-refractivity contribution in [2.45, 2.75) is 51.3 Å². The number of ether oxygens (including phenoxy) is 1. The number of hydrogen-bond acceptors (Lipinski definition) is 5. The number of phenols is 1. The molecule has 2 heterocycles. The third-order valence-corrected chi connectivity index (χ3v) is 7.88. The number of nitrogens with zero attached hydrogens (tertiary/aromatic N) is 2. The number of pyridine rings is 1. The third-order valence-electron chi connectivity index (χ3n) is 7.32. The molecular weight excluding hydrogens is 545 g/mol. The van der Waals surface area contributed by atoms with Crippen molar-refractivity contribution in [3.63, 3.8) is 0 Å². The van der Waals surface area contributed by atoms with E-state index in [1.54, 1.807) is 56.4 Å². The van der Waals surface area contributed by atoms with Gasteiger partial charge in [-0.2, -0.15) is 0 Å². The van der Waals surface area contributed by atoms with Crippen LogP contribution in [-0.4, -0.2) is 39.6 Å². The van der Waals surface area contributed by atoms with Gasteiger partial charge in [-0.25, -0.2) is 0 Å². The third kappa shape index (κ3) is 6.52. The molecule has 1 saturated heterocycles. The predicted octanol–water partition coefficient (Wildman–Crippen LogP) is 7.10. The fraction of sp³-hybridized carbons (Fsp3) is 0.312. The maximum Gasteiger partial charge on any atom is 0.264 e. The number of carbonyl (C=O) groups excluding carboxylic acids is 1. The molecule has 5 rings (SSSR count). The van der Waals surface area contributed by atoms with Crippen molar-refractivity contribution in [1.82, 2.24) is 15.2 Å². The van der Waals surface area contributed by atoms with Crippen molar-refractivity contribution in [2.24, 2.45) is 0 Å². The first-order valence-electron chi connectivity index (χ1n) is 13.5. The Morgan fingerprint density at radius 3 is 2.58 bits per heavy atom. The smallest absolute Gasteiger partial charge is 0.264 e. The van der Waals surface area contributed by atoms with Gasteiger partial charge in [0, 0.05) is 35.1 Å². The van der Waals surface area contributed by atoms with E-state index in [-0.39, 0.29) is 11.7 Å². The van der Waals surface area contributed by atoms with Crippen LogP contribution in [-0.2, 0) is 17.8 Å². The summed E-state index contributed by atoms with van der Waals surface area (Å²) in [5, 5.41) is 16.1. The van der Waals surface area contributed by atoms with E-state index in [9.17, 15) is 9.90 Å². The molecule has 4 aromatic rings. The van der Waals surface area contributed by atoms with Gasteiger partial charge < -0.3 is 15.2 Å². The van der Waals surface area contributed by atoms with E-state index in [0.29, 0.717) is 38.7 Å². The van der Waals surface area contributed by atoms with Crippen LogP contribution in [0.2, 0.25) is 10.0 Å². The molecule has 40 heavy (non-hydrogen) atoms. The standard InChI is InChI=1S/C32H33Cl2N3O3/c1-32(2,40-25-12-10-24(33)11-13-25)31(39)36-28(22-8-5-7-21(17-22)20-37-15-3-4-16-37)19-23-18-27(34)26-9-6-14-35-29(26)30(23)38/h5-14,17-18,28,38H,3-4,15-16,19-20H2,1-2H3,(H,36,39). The first-order chi connectivity index (χ1) is 19.2. The molecule has 0 spiro atoms. The zero-order valence-corrected chi connectivity index (χ0v) is 24.2. The van der Waals surface area contributed by atoms with E-state index in [1.807, 2.05) is 18.2 Å². The minimum Gasteiger partial charge on any atom is -0.505 e. The van der Waals surface area contributed by atoms with Crippen LogP contribution in [0.5, 0.6) is 11.5 Å². The van der Waals surface area contributed by atoms with Gasteiger partial charge in [0.05, 0.1) is 11.1 Å². The van der Waals surface area contributed by atoms with Crippen LogP contribution in [0.25, 0.3) is 10.9 Å². The molecule has 8 heteroatoms. The lowest BCUT2D eigenvalue weighted by atomic mass is 9.94. The van der Waals surface area contributed by atoms with E-state index in [0.717, 1.165) is 25.2 Å². The highest BCUT2D eigenvalue weighted by Crippen LogP contribution is 2.35. The SMILES string of the molecule is CC(C)(Oc1ccc(Cl)cc1)C(=O)NC(Cc1cc(Cl)c2cccnc2c1O)c1cccc(CN2CCCC2)c1. The highest BCUT2D eigenvalue weighted by molar-refractivity contribution is 6.35. The molecule has 2 N–H and O–H groups in total. The Bertz CT molecular complexity index is 1500. The minimum absolute atomic E-state index is 0.0594. The van der Waals surface area contributed by atoms with Crippen molar-refractivity contribution < 1.29 is 14.6 Å². The fourth-order valence-electron chi connectivity index (χ4n) is 5.15. The Morgan fingerprint density at radius 1 is 1.07 bits per heavy atom. The number of phenolic OH excluding ortho intramolecular Hbond substituents is 1. The summed E-state index contributed by atoms with van der Waals surface area (Å²) in [6.07, 6.45) is 4.38. The molecule has 6 nitrogen and oxygen atoms in total. The minimum atomic E-state index is -1.18. The van der Waals surface area contributed by atoms with Gasteiger partial charge in [-0.15, -0.1) is 0 Å². The maximum absolute atomic E-state index is 13.7. The van der Waals surface area contributed by atoms with Crippen LogP contribution in [0.15, 0.2) is 72.9 Å². The van der Waals surface area contributed by atoms with Gasteiger partial charge in [0.25, 0.3) is 5.91 Å². The number of aromatic hydroxyl groups is 1. The summed E-state index contributed by atoms with van der Waals surface area (Å²) in [6, 6.07) is 20.1. The zero-order chi connectivity index (χ0) is 28.3. The average molecular weight is 579 g/mol. The highest BCUT2D eigenvalue weighted by atomic mass is 35.5. The lowest BCUT2D eigenvalue weighted by Gasteiger charge is -2.29. The number of halogens is 2. The molecule has 1 atom stereocenters. The number of amides is 1. The Labute approximate surface area is 244 Å². The second-order valence-electron chi connectivity index (χ2n) is 10.8. The molecule has 0 aliphatic carbocycles. The largest absolute Gasteiger partial charge is 0.505 e. The first kappa shape index (κ1) is 28.2. The van der Waals surface area contributed by atoms with Crippen molar-refractivity contribution in [3.8, 4) is 11.5 Å². The molecule has 0 radical (unpaired) electrons. The van der Waals surface area contributed by atoms with Gasteiger partial charge in [0.1, 0.15) is 17.0 Å². The number of hydrogen-bond donors (Lipinski definition) is 2. The van der Waals surface area contributed by atoms with Crippen LogP contribution in [0.4, 0.5) is 0 Å². The molecule has 1 aliphatic rings. The molecule has 1 aromatic heterocycles. The number of aromatic nitrogens is 1. The van der Waals surface area contributed by atoms with Crippen LogP contribution < -0.4 is 10.1 Å². The van der Waals surface area contributed by atoms with Gasteiger partial charge in [0.2, 0.25) is 0 Å². The highest BCUT2D eigenvalue weighted by Gasteiger charge is 2.32. The van der Waals surface area contributed by atoms with E-state index in [4.69, 9.17) is 27.9 Å². The maximum atomic E-state index is 13.7. The summed E-state index contributed by atoms with van der Waals surface area (Å²) >= 11 is 12.6. The molecule has 0 saturated carbocycles. The summed E-state index contributed by atoms with van der Waals surface area (Å²) in [7, 11) is 0. The number of carbonyl (C=O) groups is 1. The van der Waals surface area contributed by atoms with Crippen LogP contribution in [0.3, 0.4) is 0 Å². The Hall–Kier alpha value is -3.32. The molecular formula is C32H33Cl2N3O3. The molecule has 1 fully saturated rings. The van der Waals surface area contributed by atoms with E-state index < -0.39 is 11.6 Å². The van der Waals surface area contributed by atoms with Crippen LogP contribution in [0.1, 0.15) is 49.4 Å². The van der Waals surface area contributed by atoms with Crippen LogP contribution >= 0.6 is 23.2 Å². The van der Waals surface area contributed by atoms with Crippen molar-refractivity contribution in [1.29, 1.82) is 0 Å². The van der Waals surface area contributed by atoms with Crippen molar-refractivity contribution >= 4 is 40.0 Å². The number of fused-ring (bicyclic) bond motifs is 1. The fourth-order valence-corrected chi connectivity index (χ4v) is 5.56. The number of nitrogens with one attached hydrogen (secondary N) is 1. The summed E-state index contributed by atoms with van der Waals surface area (Å²) < 4.78 is 6.06. The number of benzene rings is 3. The normalized spacial score (nSPS) is 14.8. The Morgan fingerprint density at radius 2 is 1.82 bits per heavy atom. The van der Waals surface area contributed by atoms with Gasteiger partial charge in [0.15, 0.2) is 5.60 Å². The lowest BCUT2D eigenvalue weighted by Crippen LogP contribution is -2.48. The molecule has 1 amide bonds. The molecule has 3 aromatic carbocycles. The second kappa shape index (κ2) is 12.0. The van der Waals surface area contributed by atoms with E-state index >= 15 is 0 Å². The topological polar surface area (TPSA) is 74.7 Å². The van der Waals surface area contributed by atoms with Crippen molar-refractivity contribution in [2.75, 3.05) is 13.1 Å². The summed E-state index contributed by atoms with van der Waals surface area (Å²) in [6.45, 7) is 6.50. The Balaban J connectivity index is 1.45. The monoisotopic (exact) mass is 577 g/mol. The summed E-state index contributed by atoms with van der Waals surface area (Å²) in [5.41, 5.74) is 1.97. The molecule has 208 valence electrons. The number of likely N-dealkylation sites (tertiary alicyclic amines) is 1. The molecule has 0 bridgehead atoms. The molecule has 1 unspecified atom stereocenters. The van der Waals surface area contributed by atoms with Crippen LogP contribution in [0, 0.1) is 0 Å². The van der Waals surface area contributed by atoms with Gasteiger partial charge in [-0.3, -0.25) is 14.7 Å². The first-order valence-corrected chi connectivity index (χ1v) is 14.3. The van der Waals surface area contributed by atoms with Gasteiger partial charge in [-0.05, 0) is 93.4 Å². The van der Waals surface area contributed by atoms with E-state index in [1.165, 1.54) is 18.4 Å². The number of rotatable bonds is 9. The van der Waals surface area contributed by atoms with E-state index in [2.05, 4.69) is 27.3 Å². The Kier molecular flexibility index (Phi) is 8.50. The average Bonchev–Trinajstić information content (AvgIpc) is 3.45. The quantitative estimate of drug-likeness (QED) is 0.222. The van der Waals surface area contributed by atoms with Crippen molar-refractivity contribution in [3.05, 3.63) is 99.7 Å². The van der Waals surface area contributed by atoms with Gasteiger partial charge >= 0.3 is 0 Å². The predicted molar refractivity (Wildman–Crippen MR) is 160 cm³/mol. The van der Waals surface area contributed by atoms with Gasteiger partial charge in [-0.1, -0.05) is 47.5 Å². The summed E-state index contributed by atoms with van der Waals surface area (Å²) in [5.74, 6) is 0.310.